The number of nitrogens with two attached hydrogens (primary N) is 1. The van der Waals surface area contributed by atoms with Crippen LogP contribution in [-0.4, -0.2) is 6.61 Å². The van der Waals surface area contributed by atoms with E-state index in [1.807, 2.05) is 0 Å². The van der Waals surface area contributed by atoms with Crippen molar-refractivity contribution in [2.45, 2.75) is 155 Å². The van der Waals surface area contributed by atoms with Crippen LogP contribution in [0.3, 0.4) is 0 Å². The van der Waals surface area contributed by atoms with Gasteiger partial charge in [0.2, 0.25) is 0 Å². The van der Waals surface area contributed by atoms with E-state index in [1.165, 1.54) is 135 Å². The highest BCUT2D eigenvalue weighted by molar-refractivity contribution is 4.92. The Hall–Kier alpha value is -0.600. The molecule has 0 saturated heterocycles. The summed E-state index contributed by atoms with van der Waals surface area (Å²) in [5.74, 6) is 5.03. The minimum atomic E-state index is 0.717. The number of hydrogen-bond donors (Lipinski definition) is 1. The average Bonchev–Trinajstić information content (AvgIpc) is 2.78. The van der Waals surface area contributed by atoms with E-state index in [2.05, 4.69) is 36.1 Å². The Balaban J connectivity index is 3.08. The van der Waals surface area contributed by atoms with Crippen molar-refractivity contribution < 1.29 is 4.84 Å². The lowest BCUT2D eigenvalue weighted by atomic mass is 10.0. The molecule has 2 N–H and O–H groups in total. The van der Waals surface area contributed by atoms with Crippen molar-refractivity contribution in [3.63, 3.8) is 0 Å². The highest BCUT2D eigenvalue weighted by Crippen LogP contribution is 2.14. The number of rotatable bonds is 26. The normalized spacial score (nSPS) is 11.9. The van der Waals surface area contributed by atoms with Gasteiger partial charge in [0.05, 0.1) is 6.61 Å². The molecule has 0 aromatic rings. The molecule has 0 unspecified atom stereocenters. The largest absolute Gasteiger partial charge is 0.305 e. The first-order valence-corrected chi connectivity index (χ1v) is 14.0. The van der Waals surface area contributed by atoms with Crippen molar-refractivity contribution >= 4 is 0 Å². The van der Waals surface area contributed by atoms with Gasteiger partial charge in [0, 0.05) is 0 Å². The van der Waals surface area contributed by atoms with Gasteiger partial charge in [-0.05, 0) is 38.5 Å². The van der Waals surface area contributed by atoms with Gasteiger partial charge in [-0.1, -0.05) is 140 Å². The molecule has 0 aliphatic carbocycles. The summed E-state index contributed by atoms with van der Waals surface area (Å²) in [4.78, 5) is 4.59. The molecule has 0 radical (unpaired) electrons. The monoisotopic (exact) mass is 435 g/mol. The molecule has 0 aliphatic heterocycles. The van der Waals surface area contributed by atoms with E-state index < -0.39 is 0 Å². The van der Waals surface area contributed by atoms with E-state index in [1.54, 1.807) is 0 Å². The first kappa shape index (κ1) is 30.4. The smallest absolute Gasteiger partial charge is 0.0679 e. The Labute approximate surface area is 196 Å². The van der Waals surface area contributed by atoms with Crippen molar-refractivity contribution in [2.24, 2.45) is 5.90 Å². The fraction of sp³-hybridized carbons (Fsp3) is 0.862. The molecule has 0 atom stereocenters. The summed E-state index contributed by atoms with van der Waals surface area (Å²) < 4.78 is 0. The summed E-state index contributed by atoms with van der Waals surface area (Å²) in [5.41, 5.74) is 0. The van der Waals surface area contributed by atoms with Crippen molar-refractivity contribution in [1.82, 2.24) is 0 Å². The van der Waals surface area contributed by atoms with Gasteiger partial charge in [-0.25, -0.2) is 5.90 Å². The summed E-state index contributed by atoms with van der Waals surface area (Å²) in [6.45, 7) is 2.98. The molecule has 0 saturated carbocycles. The summed E-state index contributed by atoms with van der Waals surface area (Å²) in [6, 6.07) is 0. The van der Waals surface area contributed by atoms with E-state index in [4.69, 9.17) is 5.90 Å². The Morgan fingerprint density at radius 3 is 1.19 bits per heavy atom. The Morgan fingerprint density at radius 1 is 0.452 bits per heavy atom. The first-order valence-electron chi connectivity index (χ1n) is 14.0. The van der Waals surface area contributed by atoms with Gasteiger partial charge < -0.3 is 4.84 Å². The number of unbranched alkanes of at least 4 members (excludes halogenated alkanes) is 20. The van der Waals surface area contributed by atoms with Crippen LogP contribution in [-0.2, 0) is 4.84 Å². The highest BCUT2D eigenvalue weighted by Gasteiger charge is 1.95. The predicted molar refractivity (Wildman–Crippen MR) is 140 cm³/mol. The van der Waals surface area contributed by atoms with Crippen LogP contribution >= 0.6 is 0 Å². The lowest BCUT2D eigenvalue weighted by Gasteiger charge is -2.03. The molecule has 0 aromatic heterocycles. The minimum Gasteiger partial charge on any atom is -0.305 e. The zero-order chi connectivity index (χ0) is 22.5. The third kappa shape index (κ3) is 29.4. The van der Waals surface area contributed by atoms with E-state index in [9.17, 15) is 0 Å². The fourth-order valence-corrected chi connectivity index (χ4v) is 4.12. The highest BCUT2D eigenvalue weighted by atomic mass is 16.6. The average molecular weight is 436 g/mol. The number of allylic oxidation sites excluding steroid dienone is 4. The quantitative estimate of drug-likeness (QED) is 0.0833. The van der Waals surface area contributed by atoms with Crippen LogP contribution < -0.4 is 5.90 Å². The Bertz CT molecular complexity index is 364. The lowest BCUT2D eigenvalue weighted by molar-refractivity contribution is 0.133. The standard InChI is InChI=1S/C29H57NO/c1-2-3-4-5-6-7-8-9-10-11-12-13-14-15-16-17-18-19-20-21-22-23-24-25-26-27-28-29-31-30/h6-7,9-10H,2-5,8,11-30H2,1H3. The summed E-state index contributed by atoms with van der Waals surface area (Å²) in [6.07, 6.45) is 40.9. The van der Waals surface area contributed by atoms with Crippen molar-refractivity contribution in [1.29, 1.82) is 0 Å². The summed E-state index contributed by atoms with van der Waals surface area (Å²) >= 11 is 0. The van der Waals surface area contributed by atoms with Crippen LogP contribution in [0.4, 0.5) is 0 Å². The molecule has 184 valence electrons. The number of hydrogen-bond acceptors (Lipinski definition) is 2. The summed E-state index contributed by atoms with van der Waals surface area (Å²) in [7, 11) is 0. The van der Waals surface area contributed by atoms with Crippen molar-refractivity contribution in [3.05, 3.63) is 24.3 Å². The Kier molecular flexibility index (Phi) is 28.8. The van der Waals surface area contributed by atoms with Gasteiger partial charge in [-0.3, -0.25) is 0 Å². The predicted octanol–water partition coefficient (Wildman–Crippen LogP) is 9.98. The second-order valence-corrected chi connectivity index (χ2v) is 9.34. The van der Waals surface area contributed by atoms with E-state index >= 15 is 0 Å². The third-order valence-corrected chi connectivity index (χ3v) is 6.21. The zero-order valence-corrected chi connectivity index (χ0v) is 21.3. The molecule has 0 bridgehead atoms. The maximum atomic E-state index is 5.03. The molecule has 0 spiro atoms. The fourth-order valence-electron chi connectivity index (χ4n) is 4.12. The maximum absolute atomic E-state index is 5.03. The van der Waals surface area contributed by atoms with Crippen LogP contribution in [0, 0.1) is 0 Å². The molecular weight excluding hydrogens is 378 g/mol. The Morgan fingerprint density at radius 2 is 0.806 bits per heavy atom. The van der Waals surface area contributed by atoms with E-state index in [0.717, 1.165) is 19.4 Å². The van der Waals surface area contributed by atoms with Gasteiger partial charge >= 0.3 is 0 Å². The zero-order valence-electron chi connectivity index (χ0n) is 21.3. The molecule has 0 rings (SSSR count). The second kappa shape index (κ2) is 29.4. The molecule has 0 fully saturated rings. The second-order valence-electron chi connectivity index (χ2n) is 9.34. The molecule has 2 heteroatoms. The van der Waals surface area contributed by atoms with Gasteiger partial charge in [0.25, 0.3) is 0 Å². The molecular formula is C29H57NO. The van der Waals surface area contributed by atoms with Crippen LogP contribution in [0.15, 0.2) is 24.3 Å². The van der Waals surface area contributed by atoms with Crippen LogP contribution in [0.2, 0.25) is 0 Å². The topological polar surface area (TPSA) is 35.2 Å². The van der Waals surface area contributed by atoms with Crippen LogP contribution in [0.1, 0.15) is 155 Å². The van der Waals surface area contributed by atoms with E-state index in [0.29, 0.717) is 0 Å². The van der Waals surface area contributed by atoms with Gasteiger partial charge in [-0.15, -0.1) is 0 Å². The van der Waals surface area contributed by atoms with Crippen molar-refractivity contribution in [2.75, 3.05) is 6.61 Å². The molecule has 2 nitrogen and oxygen atoms in total. The SMILES string of the molecule is CCCCCC=CCC=CCCCCCCCCCCCCCCCCCCCON. The molecule has 0 amide bonds. The molecule has 31 heavy (non-hydrogen) atoms. The van der Waals surface area contributed by atoms with Gasteiger partial charge in [0.15, 0.2) is 0 Å². The summed E-state index contributed by atoms with van der Waals surface area (Å²) in [5, 5.41) is 0. The van der Waals surface area contributed by atoms with Crippen molar-refractivity contribution in [3.8, 4) is 0 Å². The van der Waals surface area contributed by atoms with E-state index in [-0.39, 0.29) is 0 Å². The van der Waals surface area contributed by atoms with Gasteiger partial charge in [0.1, 0.15) is 0 Å². The van der Waals surface area contributed by atoms with Crippen LogP contribution in [0.25, 0.3) is 0 Å². The molecule has 0 aromatic carbocycles. The van der Waals surface area contributed by atoms with Crippen LogP contribution in [0.5, 0.6) is 0 Å². The lowest BCUT2D eigenvalue weighted by Crippen LogP contribution is -2.00. The van der Waals surface area contributed by atoms with Gasteiger partial charge in [-0.2, -0.15) is 0 Å². The molecule has 0 aliphatic rings. The first-order chi connectivity index (χ1) is 15.4. The minimum absolute atomic E-state index is 0.717. The third-order valence-electron chi connectivity index (χ3n) is 6.21. The maximum Gasteiger partial charge on any atom is 0.0679 e. The molecule has 0 heterocycles.